The molecule has 1 aliphatic heterocycles. The molecule has 0 unspecified atom stereocenters. The van der Waals surface area contributed by atoms with Gasteiger partial charge in [0.05, 0.1) is 12.2 Å². The second kappa shape index (κ2) is 7.13. The average Bonchev–Trinajstić information content (AvgIpc) is 2.61. The number of nitrogens with one attached hydrogen (secondary N) is 1. The number of para-hydroxylation sites is 1. The Kier molecular flexibility index (Phi) is 4.76. The molecule has 5 heteroatoms. The topological polar surface area (TPSA) is 62.4 Å². The molecule has 1 aliphatic rings. The number of benzene rings is 1. The summed E-state index contributed by atoms with van der Waals surface area (Å²) < 4.78 is 5.80. The van der Waals surface area contributed by atoms with Gasteiger partial charge in [-0.1, -0.05) is 18.2 Å². The summed E-state index contributed by atoms with van der Waals surface area (Å²) in [6.07, 6.45) is 3.35. The van der Waals surface area contributed by atoms with Crippen molar-refractivity contribution < 1.29 is 9.53 Å². The van der Waals surface area contributed by atoms with Crippen LogP contribution in [0.4, 0.5) is 0 Å². The lowest BCUT2D eigenvalue weighted by molar-refractivity contribution is 0.0660. The lowest BCUT2D eigenvalue weighted by atomic mass is 9.97. The van der Waals surface area contributed by atoms with Gasteiger partial charge >= 0.3 is 0 Å². The Hall–Kier alpha value is -2.56. The molecule has 0 radical (unpaired) electrons. The number of pyridine rings is 1. The second-order valence-electron chi connectivity index (χ2n) is 5.80. The first kappa shape index (κ1) is 15.3. The molecule has 1 amide bonds. The van der Waals surface area contributed by atoms with E-state index in [0.29, 0.717) is 18.1 Å². The van der Waals surface area contributed by atoms with Crippen molar-refractivity contribution in [1.82, 2.24) is 9.88 Å². The van der Waals surface area contributed by atoms with Crippen LogP contribution in [0.2, 0.25) is 0 Å². The van der Waals surface area contributed by atoms with Gasteiger partial charge in [-0.2, -0.15) is 0 Å². The van der Waals surface area contributed by atoms with Gasteiger partial charge in [0.25, 0.3) is 5.91 Å². The minimum atomic E-state index is -0.196. The summed E-state index contributed by atoms with van der Waals surface area (Å²) >= 11 is 0. The SMILES string of the molecule is O=C(c1ccc(=O)[nH]c1)N1CCC(COc2ccccc2)CC1. The van der Waals surface area contributed by atoms with Crippen molar-refractivity contribution in [2.45, 2.75) is 12.8 Å². The first-order chi connectivity index (χ1) is 11.2. The van der Waals surface area contributed by atoms with Gasteiger partial charge < -0.3 is 14.6 Å². The highest BCUT2D eigenvalue weighted by molar-refractivity contribution is 5.93. The van der Waals surface area contributed by atoms with Crippen LogP contribution in [-0.2, 0) is 0 Å². The van der Waals surface area contributed by atoms with Crippen LogP contribution >= 0.6 is 0 Å². The maximum atomic E-state index is 12.4. The third kappa shape index (κ3) is 4.00. The van der Waals surface area contributed by atoms with E-state index in [4.69, 9.17) is 4.74 Å². The molecule has 2 heterocycles. The number of rotatable bonds is 4. The van der Waals surface area contributed by atoms with Gasteiger partial charge in [0.1, 0.15) is 5.75 Å². The number of carbonyl (C=O) groups is 1. The smallest absolute Gasteiger partial charge is 0.255 e. The van der Waals surface area contributed by atoms with Crippen molar-refractivity contribution in [2.75, 3.05) is 19.7 Å². The third-order valence-electron chi connectivity index (χ3n) is 4.16. The molecule has 120 valence electrons. The van der Waals surface area contributed by atoms with E-state index in [1.807, 2.05) is 35.2 Å². The molecule has 3 rings (SSSR count). The van der Waals surface area contributed by atoms with Crippen LogP contribution in [-0.4, -0.2) is 35.5 Å². The van der Waals surface area contributed by atoms with Crippen molar-refractivity contribution in [2.24, 2.45) is 5.92 Å². The monoisotopic (exact) mass is 312 g/mol. The Morgan fingerprint density at radius 1 is 1.13 bits per heavy atom. The molecule has 0 bridgehead atoms. The van der Waals surface area contributed by atoms with E-state index >= 15 is 0 Å². The van der Waals surface area contributed by atoms with Gasteiger partial charge in [-0.25, -0.2) is 0 Å². The standard InChI is InChI=1S/C18H20N2O3/c21-17-7-6-15(12-19-17)18(22)20-10-8-14(9-11-20)13-23-16-4-2-1-3-5-16/h1-7,12,14H,8-11,13H2,(H,19,21). The summed E-state index contributed by atoms with van der Waals surface area (Å²) in [4.78, 5) is 27.8. The van der Waals surface area contributed by atoms with E-state index in [-0.39, 0.29) is 11.5 Å². The first-order valence-corrected chi connectivity index (χ1v) is 7.88. The minimum Gasteiger partial charge on any atom is -0.493 e. The molecule has 2 aromatic rings. The Morgan fingerprint density at radius 3 is 2.52 bits per heavy atom. The zero-order chi connectivity index (χ0) is 16.1. The van der Waals surface area contributed by atoms with Crippen molar-refractivity contribution >= 4 is 5.91 Å². The average molecular weight is 312 g/mol. The fraction of sp³-hybridized carbons (Fsp3) is 0.333. The molecule has 1 fully saturated rings. The maximum absolute atomic E-state index is 12.4. The number of piperidine rings is 1. The van der Waals surface area contributed by atoms with Gasteiger partial charge in [-0.05, 0) is 37.0 Å². The number of hydrogen-bond donors (Lipinski definition) is 1. The largest absolute Gasteiger partial charge is 0.493 e. The second-order valence-corrected chi connectivity index (χ2v) is 5.80. The normalized spacial score (nSPS) is 15.4. The van der Waals surface area contributed by atoms with Crippen LogP contribution in [0.25, 0.3) is 0 Å². The van der Waals surface area contributed by atoms with Gasteiger partial charge in [0, 0.05) is 25.4 Å². The first-order valence-electron chi connectivity index (χ1n) is 7.88. The van der Waals surface area contributed by atoms with Crippen LogP contribution in [0, 0.1) is 5.92 Å². The Balaban J connectivity index is 1.49. The van der Waals surface area contributed by atoms with E-state index in [0.717, 1.165) is 31.7 Å². The zero-order valence-corrected chi connectivity index (χ0v) is 12.9. The number of nitrogens with zero attached hydrogens (tertiary/aromatic N) is 1. The van der Waals surface area contributed by atoms with E-state index in [2.05, 4.69) is 4.98 Å². The summed E-state index contributed by atoms with van der Waals surface area (Å²) in [5, 5.41) is 0. The van der Waals surface area contributed by atoms with Crippen LogP contribution in [0.5, 0.6) is 5.75 Å². The number of aromatic nitrogens is 1. The number of H-pyrrole nitrogens is 1. The third-order valence-corrected chi connectivity index (χ3v) is 4.16. The molecular weight excluding hydrogens is 292 g/mol. The lowest BCUT2D eigenvalue weighted by Crippen LogP contribution is -2.39. The Bertz CT molecular complexity index is 683. The predicted octanol–water partition coefficient (Wildman–Crippen LogP) is 2.31. The maximum Gasteiger partial charge on any atom is 0.255 e. The summed E-state index contributed by atoms with van der Waals surface area (Å²) in [6.45, 7) is 2.13. The van der Waals surface area contributed by atoms with Gasteiger partial charge in [-0.15, -0.1) is 0 Å². The Labute approximate surface area is 134 Å². The van der Waals surface area contributed by atoms with Gasteiger partial charge in [0.15, 0.2) is 0 Å². The molecular formula is C18H20N2O3. The quantitative estimate of drug-likeness (QED) is 0.942. The number of ether oxygens (including phenoxy) is 1. The van der Waals surface area contributed by atoms with Crippen molar-refractivity contribution in [3.8, 4) is 5.75 Å². The minimum absolute atomic E-state index is 0.0244. The molecule has 23 heavy (non-hydrogen) atoms. The molecule has 0 aliphatic carbocycles. The fourth-order valence-corrected chi connectivity index (χ4v) is 2.76. The molecule has 0 spiro atoms. The number of carbonyl (C=O) groups excluding carboxylic acids is 1. The highest BCUT2D eigenvalue weighted by Crippen LogP contribution is 2.20. The number of amides is 1. The number of aromatic amines is 1. The van der Waals surface area contributed by atoms with E-state index in [1.165, 1.54) is 12.3 Å². The van der Waals surface area contributed by atoms with Crippen LogP contribution < -0.4 is 10.3 Å². The highest BCUT2D eigenvalue weighted by atomic mass is 16.5. The predicted molar refractivity (Wildman–Crippen MR) is 87.6 cm³/mol. The molecule has 5 nitrogen and oxygen atoms in total. The van der Waals surface area contributed by atoms with Crippen molar-refractivity contribution in [3.63, 3.8) is 0 Å². The molecule has 1 aromatic heterocycles. The Morgan fingerprint density at radius 2 is 1.87 bits per heavy atom. The summed E-state index contributed by atoms with van der Waals surface area (Å²) in [5.74, 6) is 1.33. The molecule has 1 N–H and O–H groups in total. The molecule has 1 aromatic carbocycles. The lowest BCUT2D eigenvalue weighted by Gasteiger charge is -2.31. The summed E-state index contributed by atoms with van der Waals surface area (Å²) in [7, 11) is 0. The summed E-state index contributed by atoms with van der Waals surface area (Å²) in [6, 6.07) is 12.7. The molecule has 1 saturated heterocycles. The molecule has 0 atom stereocenters. The van der Waals surface area contributed by atoms with Crippen LogP contribution in [0.15, 0.2) is 53.5 Å². The van der Waals surface area contributed by atoms with Crippen LogP contribution in [0.3, 0.4) is 0 Å². The zero-order valence-electron chi connectivity index (χ0n) is 12.9. The van der Waals surface area contributed by atoms with E-state index < -0.39 is 0 Å². The summed E-state index contributed by atoms with van der Waals surface area (Å²) in [5.41, 5.74) is 0.335. The van der Waals surface area contributed by atoms with Crippen LogP contribution in [0.1, 0.15) is 23.2 Å². The number of hydrogen-bond acceptors (Lipinski definition) is 3. The highest BCUT2D eigenvalue weighted by Gasteiger charge is 2.24. The fourth-order valence-electron chi connectivity index (χ4n) is 2.76. The van der Waals surface area contributed by atoms with Crippen molar-refractivity contribution in [3.05, 3.63) is 64.6 Å². The van der Waals surface area contributed by atoms with Gasteiger partial charge in [-0.3, -0.25) is 9.59 Å². The van der Waals surface area contributed by atoms with Gasteiger partial charge in [0.2, 0.25) is 5.56 Å². The van der Waals surface area contributed by atoms with E-state index in [9.17, 15) is 9.59 Å². The van der Waals surface area contributed by atoms with E-state index in [1.54, 1.807) is 6.07 Å². The molecule has 0 saturated carbocycles. The number of likely N-dealkylation sites (tertiary alicyclic amines) is 1. The van der Waals surface area contributed by atoms with Crippen molar-refractivity contribution in [1.29, 1.82) is 0 Å².